The first-order chi connectivity index (χ1) is 11.1. The van der Waals surface area contributed by atoms with Crippen LogP contribution in [0.4, 0.5) is 0 Å². The highest BCUT2D eigenvalue weighted by Crippen LogP contribution is 2.30. The van der Waals surface area contributed by atoms with Crippen LogP contribution in [-0.4, -0.2) is 46.5 Å². The molecule has 1 aliphatic heterocycles. The summed E-state index contributed by atoms with van der Waals surface area (Å²) in [5, 5.41) is 0. The van der Waals surface area contributed by atoms with Gasteiger partial charge in [0.25, 0.3) is 0 Å². The summed E-state index contributed by atoms with van der Waals surface area (Å²) >= 11 is 0. The molecule has 3 rings (SSSR count). The van der Waals surface area contributed by atoms with Crippen molar-refractivity contribution in [3.8, 4) is 0 Å². The first kappa shape index (κ1) is 16.2. The molecule has 1 aliphatic rings. The molecular formula is C20H27N3. The number of pyridine rings is 1. The van der Waals surface area contributed by atoms with Gasteiger partial charge < -0.3 is 0 Å². The van der Waals surface area contributed by atoms with E-state index in [2.05, 4.69) is 78.0 Å². The molecule has 0 saturated carbocycles. The summed E-state index contributed by atoms with van der Waals surface area (Å²) in [6.45, 7) is 11.4. The molecule has 2 heterocycles. The van der Waals surface area contributed by atoms with Crippen molar-refractivity contribution in [2.24, 2.45) is 0 Å². The monoisotopic (exact) mass is 309 g/mol. The Bertz CT molecular complexity index is 556. The summed E-state index contributed by atoms with van der Waals surface area (Å²) in [6.07, 6.45) is 3.80. The minimum absolute atomic E-state index is 0.255. The average Bonchev–Trinajstić information content (AvgIpc) is 2.57. The molecule has 2 aromatic rings. The van der Waals surface area contributed by atoms with Crippen LogP contribution in [0.2, 0.25) is 0 Å². The van der Waals surface area contributed by atoms with Gasteiger partial charge in [0.15, 0.2) is 0 Å². The molecule has 1 unspecified atom stereocenters. The van der Waals surface area contributed by atoms with Gasteiger partial charge in [0.05, 0.1) is 6.04 Å². The third-order valence-corrected chi connectivity index (χ3v) is 4.77. The van der Waals surface area contributed by atoms with Gasteiger partial charge in [-0.2, -0.15) is 0 Å². The van der Waals surface area contributed by atoms with E-state index in [1.54, 1.807) is 0 Å². The fourth-order valence-electron chi connectivity index (χ4n) is 3.45. The van der Waals surface area contributed by atoms with Gasteiger partial charge in [-0.3, -0.25) is 14.8 Å². The van der Waals surface area contributed by atoms with Crippen LogP contribution in [0, 0.1) is 0 Å². The Morgan fingerprint density at radius 3 is 1.96 bits per heavy atom. The molecule has 3 nitrogen and oxygen atoms in total. The molecule has 0 bridgehead atoms. The predicted octanol–water partition coefficient (Wildman–Crippen LogP) is 3.59. The summed E-state index contributed by atoms with van der Waals surface area (Å²) in [6, 6.07) is 15.4. The van der Waals surface area contributed by atoms with Crippen molar-refractivity contribution in [2.45, 2.75) is 32.4 Å². The third-order valence-electron chi connectivity index (χ3n) is 4.77. The van der Waals surface area contributed by atoms with Gasteiger partial charge in [-0.25, -0.2) is 0 Å². The lowest BCUT2D eigenvalue weighted by Gasteiger charge is -2.44. The Morgan fingerprint density at radius 1 is 0.826 bits per heavy atom. The molecule has 23 heavy (non-hydrogen) atoms. The second-order valence-corrected chi connectivity index (χ2v) is 7.29. The maximum Gasteiger partial charge on any atom is 0.0603 e. The highest BCUT2D eigenvalue weighted by Gasteiger charge is 2.30. The van der Waals surface area contributed by atoms with Crippen molar-refractivity contribution in [3.05, 3.63) is 66.0 Å². The van der Waals surface area contributed by atoms with Crippen molar-refractivity contribution >= 4 is 0 Å². The summed E-state index contributed by atoms with van der Waals surface area (Å²) < 4.78 is 0. The molecule has 0 N–H and O–H groups in total. The first-order valence-electron chi connectivity index (χ1n) is 8.50. The Balaban J connectivity index is 1.83. The first-order valence-corrected chi connectivity index (χ1v) is 8.50. The quantitative estimate of drug-likeness (QED) is 0.864. The van der Waals surface area contributed by atoms with Crippen molar-refractivity contribution in [1.82, 2.24) is 14.8 Å². The van der Waals surface area contributed by atoms with Crippen molar-refractivity contribution in [1.29, 1.82) is 0 Å². The highest BCUT2D eigenvalue weighted by molar-refractivity contribution is 5.30. The third kappa shape index (κ3) is 3.80. The zero-order valence-electron chi connectivity index (χ0n) is 14.4. The van der Waals surface area contributed by atoms with Crippen LogP contribution in [0.3, 0.4) is 0 Å². The fraction of sp³-hybridized carbons (Fsp3) is 0.450. The Kier molecular flexibility index (Phi) is 4.79. The van der Waals surface area contributed by atoms with Crippen LogP contribution in [0.15, 0.2) is 54.9 Å². The van der Waals surface area contributed by atoms with E-state index in [1.165, 1.54) is 11.1 Å². The number of aromatic nitrogens is 1. The van der Waals surface area contributed by atoms with Gasteiger partial charge in [-0.1, -0.05) is 30.3 Å². The number of nitrogens with zero attached hydrogens (tertiary/aromatic N) is 3. The van der Waals surface area contributed by atoms with E-state index in [9.17, 15) is 0 Å². The number of rotatable bonds is 3. The average molecular weight is 309 g/mol. The van der Waals surface area contributed by atoms with Crippen LogP contribution in [0.5, 0.6) is 0 Å². The molecule has 1 saturated heterocycles. The Hall–Kier alpha value is -1.71. The van der Waals surface area contributed by atoms with Crippen LogP contribution < -0.4 is 0 Å². The number of benzene rings is 1. The standard InChI is InChI=1S/C20H27N3/c1-20(2,3)23-15-13-22(14-16-23)19(17-7-5-4-6-8-17)18-9-11-21-12-10-18/h4-12,19H,13-16H2,1-3H3. The van der Waals surface area contributed by atoms with Crippen LogP contribution >= 0.6 is 0 Å². The lowest BCUT2D eigenvalue weighted by Crippen LogP contribution is -2.54. The molecule has 1 atom stereocenters. The number of piperazine rings is 1. The SMILES string of the molecule is CC(C)(C)N1CCN(C(c2ccccc2)c2ccncc2)CC1. The summed E-state index contributed by atoms with van der Waals surface area (Å²) in [4.78, 5) is 9.37. The molecule has 122 valence electrons. The van der Waals surface area contributed by atoms with Gasteiger partial charge in [-0.05, 0) is 44.0 Å². The number of hydrogen-bond acceptors (Lipinski definition) is 3. The van der Waals surface area contributed by atoms with Crippen LogP contribution in [-0.2, 0) is 0 Å². The van der Waals surface area contributed by atoms with E-state index >= 15 is 0 Å². The summed E-state index contributed by atoms with van der Waals surface area (Å²) in [7, 11) is 0. The molecule has 1 aromatic carbocycles. The molecular weight excluding hydrogens is 282 g/mol. The zero-order chi connectivity index (χ0) is 16.3. The molecule has 0 radical (unpaired) electrons. The van der Waals surface area contributed by atoms with E-state index in [0.29, 0.717) is 6.04 Å². The Morgan fingerprint density at radius 2 is 1.39 bits per heavy atom. The van der Waals surface area contributed by atoms with Crippen molar-refractivity contribution in [3.63, 3.8) is 0 Å². The van der Waals surface area contributed by atoms with Gasteiger partial charge in [0, 0.05) is 44.1 Å². The lowest BCUT2D eigenvalue weighted by molar-refractivity contribution is 0.0493. The van der Waals surface area contributed by atoms with E-state index in [4.69, 9.17) is 0 Å². The normalized spacial score (nSPS) is 18.7. The lowest BCUT2D eigenvalue weighted by atomic mass is 9.96. The van der Waals surface area contributed by atoms with Gasteiger partial charge in [0.1, 0.15) is 0 Å². The largest absolute Gasteiger partial charge is 0.296 e. The smallest absolute Gasteiger partial charge is 0.0603 e. The minimum atomic E-state index is 0.255. The predicted molar refractivity (Wildman–Crippen MR) is 95.4 cm³/mol. The van der Waals surface area contributed by atoms with Gasteiger partial charge in [0.2, 0.25) is 0 Å². The van der Waals surface area contributed by atoms with Gasteiger partial charge >= 0.3 is 0 Å². The molecule has 0 aliphatic carbocycles. The van der Waals surface area contributed by atoms with Crippen molar-refractivity contribution < 1.29 is 0 Å². The maximum atomic E-state index is 4.18. The Labute approximate surface area is 140 Å². The van der Waals surface area contributed by atoms with Crippen LogP contribution in [0.1, 0.15) is 37.9 Å². The van der Waals surface area contributed by atoms with E-state index in [-0.39, 0.29) is 5.54 Å². The fourth-order valence-corrected chi connectivity index (χ4v) is 3.45. The number of hydrogen-bond donors (Lipinski definition) is 0. The minimum Gasteiger partial charge on any atom is -0.296 e. The molecule has 3 heteroatoms. The van der Waals surface area contributed by atoms with E-state index in [1.807, 2.05) is 12.4 Å². The topological polar surface area (TPSA) is 19.4 Å². The molecule has 0 spiro atoms. The summed E-state index contributed by atoms with van der Waals surface area (Å²) in [5.74, 6) is 0. The van der Waals surface area contributed by atoms with E-state index in [0.717, 1.165) is 26.2 Å². The van der Waals surface area contributed by atoms with Gasteiger partial charge in [-0.15, -0.1) is 0 Å². The molecule has 1 aromatic heterocycles. The van der Waals surface area contributed by atoms with Crippen LogP contribution in [0.25, 0.3) is 0 Å². The molecule has 1 fully saturated rings. The van der Waals surface area contributed by atoms with E-state index < -0.39 is 0 Å². The van der Waals surface area contributed by atoms with Crippen molar-refractivity contribution in [2.75, 3.05) is 26.2 Å². The second kappa shape index (κ2) is 6.81. The highest BCUT2D eigenvalue weighted by atomic mass is 15.3. The second-order valence-electron chi connectivity index (χ2n) is 7.29. The summed E-state index contributed by atoms with van der Waals surface area (Å²) in [5.41, 5.74) is 2.95. The molecule has 0 amide bonds. The maximum absolute atomic E-state index is 4.18. The zero-order valence-corrected chi connectivity index (χ0v) is 14.4.